The molecule has 0 radical (unpaired) electrons. The lowest BCUT2D eigenvalue weighted by Gasteiger charge is -2.18. The quantitative estimate of drug-likeness (QED) is 0.650. The lowest BCUT2D eigenvalue weighted by molar-refractivity contribution is -0.121. The molecule has 1 aliphatic rings. The van der Waals surface area contributed by atoms with E-state index in [1.54, 1.807) is 13.2 Å². The lowest BCUT2D eigenvalue weighted by atomic mass is 10.1. The highest BCUT2D eigenvalue weighted by Crippen LogP contribution is 2.35. The number of carbonyl (C=O) groups excluding carboxylic acids is 2. The van der Waals surface area contributed by atoms with Crippen LogP contribution in [-0.2, 0) is 9.59 Å². The molecule has 0 saturated carbocycles. The second-order valence-electron chi connectivity index (χ2n) is 6.79. The van der Waals surface area contributed by atoms with Crippen molar-refractivity contribution in [1.29, 1.82) is 0 Å². The molecular formula is C21H20N4O3S. The van der Waals surface area contributed by atoms with Crippen molar-refractivity contribution in [2.24, 2.45) is 0 Å². The molecule has 2 amide bonds. The summed E-state index contributed by atoms with van der Waals surface area (Å²) in [5, 5.41) is 6.98. The zero-order valence-corrected chi connectivity index (χ0v) is 17.1. The first-order chi connectivity index (χ1) is 14.0. The number of aromatic amines is 1. The minimum atomic E-state index is -0.540. The van der Waals surface area contributed by atoms with Crippen LogP contribution in [0.3, 0.4) is 0 Å². The summed E-state index contributed by atoms with van der Waals surface area (Å²) in [4.78, 5) is 31.3. The summed E-state index contributed by atoms with van der Waals surface area (Å²) < 4.78 is 5.16. The molecule has 1 fully saturated rings. The summed E-state index contributed by atoms with van der Waals surface area (Å²) in [5.74, 6) is 0.916. The maximum absolute atomic E-state index is 12.9. The highest BCUT2D eigenvalue weighted by Gasteiger charge is 2.41. The van der Waals surface area contributed by atoms with E-state index < -0.39 is 5.25 Å². The fraction of sp³-hybridized carbons (Fsp3) is 0.238. The van der Waals surface area contributed by atoms with E-state index >= 15 is 0 Å². The van der Waals surface area contributed by atoms with Gasteiger partial charge in [-0.05, 0) is 55.3 Å². The van der Waals surface area contributed by atoms with Gasteiger partial charge in [0, 0.05) is 12.0 Å². The Morgan fingerprint density at radius 2 is 1.90 bits per heavy atom. The van der Waals surface area contributed by atoms with Crippen molar-refractivity contribution in [3.63, 3.8) is 0 Å². The van der Waals surface area contributed by atoms with Crippen LogP contribution in [0.25, 0.3) is 11.4 Å². The normalized spacial score (nSPS) is 16.5. The summed E-state index contributed by atoms with van der Waals surface area (Å²) in [5.41, 5.74) is 3.48. The van der Waals surface area contributed by atoms with Gasteiger partial charge < -0.3 is 4.74 Å². The van der Waals surface area contributed by atoms with Crippen molar-refractivity contribution in [2.45, 2.75) is 30.7 Å². The standard InChI is InChI=1S/C21H20N4O3S/c1-12-5-4-6-16(13(12)2)25-18(26)11-17(20(25)27)29-21-22-19(23-24-21)14-7-9-15(28-3)10-8-14/h4-10,17H,11H2,1-3H3,(H,22,23,24). The predicted octanol–water partition coefficient (Wildman–Crippen LogP) is 3.52. The average molecular weight is 408 g/mol. The summed E-state index contributed by atoms with van der Waals surface area (Å²) in [6.45, 7) is 3.88. The Morgan fingerprint density at radius 1 is 1.14 bits per heavy atom. The second kappa shape index (κ2) is 7.71. The Balaban J connectivity index is 1.52. The Morgan fingerprint density at radius 3 is 2.62 bits per heavy atom. The number of anilines is 1. The van der Waals surface area contributed by atoms with Gasteiger partial charge in [-0.3, -0.25) is 14.7 Å². The third kappa shape index (κ3) is 3.63. The number of rotatable bonds is 5. The van der Waals surface area contributed by atoms with Crippen molar-refractivity contribution in [3.05, 3.63) is 53.6 Å². The third-order valence-electron chi connectivity index (χ3n) is 5.00. The molecule has 7 nitrogen and oxygen atoms in total. The Kier molecular flexibility index (Phi) is 5.10. The van der Waals surface area contributed by atoms with E-state index in [1.165, 1.54) is 16.7 Å². The molecule has 2 heterocycles. The highest BCUT2D eigenvalue weighted by molar-refractivity contribution is 8.00. The van der Waals surface area contributed by atoms with E-state index in [-0.39, 0.29) is 18.2 Å². The van der Waals surface area contributed by atoms with E-state index in [0.717, 1.165) is 22.4 Å². The molecular weight excluding hydrogens is 388 g/mol. The fourth-order valence-corrected chi connectivity index (χ4v) is 4.16. The maximum Gasteiger partial charge on any atom is 0.247 e. The van der Waals surface area contributed by atoms with Crippen molar-refractivity contribution in [1.82, 2.24) is 15.2 Å². The van der Waals surface area contributed by atoms with Gasteiger partial charge in [0.1, 0.15) is 11.0 Å². The molecule has 29 heavy (non-hydrogen) atoms. The summed E-state index contributed by atoms with van der Waals surface area (Å²) in [7, 11) is 1.61. The number of ether oxygens (including phenoxy) is 1. The van der Waals surface area contributed by atoms with Crippen LogP contribution in [0.2, 0.25) is 0 Å². The molecule has 0 bridgehead atoms. The predicted molar refractivity (Wildman–Crippen MR) is 111 cm³/mol. The summed E-state index contributed by atoms with van der Waals surface area (Å²) >= 11 is 1.20. The number of aromatic nitrogens is 3. The Bertz CT molecular complexity index is 1080. The molecule has 0 spiro atoms. The van der Waals surface area contributed by atoms with Crippen LogP contribution in [0.4, 0.5) is 5.69 Å². The van der Waals surface area contributed by atoms with Crippen LogP contribution in [0.1, 0.15) is 17.5 Å². The number of methoxy groups -OCH3 is 1. The van der Waals surface area contributed by atoms with Crippen LogP contribution in [0.5, 0.6) is 5.75 Å². The molecule has 1 atom stereocenters. The first-order valence-corrected chi connectivity index (χ1v) is 10.0. The zero-order valence-electron chi connectivity index (χ0n) is 16.3. The van der Waals surface area contributed by atoms with Crippen molar-refractivity contribution >= 4 is 29.3 Å². The number of carbonyl (C=O) groups is 2. The van der Waals surface area contributed by atoms with E-state index in [2.05, 4.69) is 15.2 Å². The molecule has 3 aromatic rings. The van der Waals surface area contributed by atoms with Crippen LogP contribution in [-0.4, -0.2) is 39.4 Å². The van der Waals surface area contributed by atoms with Gasteiger partial charge in [-0.1, -0.05) is 23.9 Å². The van der Waals surface area contributed by atoms with Crippen molar-refractivity contribution in [3.8, 4) is 17.1 Å². The number of hydrogen-bond acceptors (Lipinski definition) is 6. The smallest absolute Gasteiger partial charge is 0.247 e. The Labute approximate surface area is 172 Å². The third-order valence-corrected chi connectivity index (χ3v) is 6.04. The molecule has 1 aliphatic heterocycles. The highest BCUT2D eigenvalue weighted by atomic mass is 32.2. The summed E-state index contributed by atoms with van der Waals surface area (Å²) in [6.07, 6.45) is 0.128. The zero-order chi connectivity index (χ0) is 20.5. The monoisotopic (exact) mass is 408 g/mol. The van der Waals surface area contributed by atoms with Crippen molar-refractivity contribution < 1.29 is 14.3 Å². The number of imide groups is 1. The molecule has 2 aromatic carbocycles. The van der Waals surface area contributed by atoms with E-state index in [9.17, 15) is 9.59 Å². The molecule has 1 unspecified atom stereocenters. The lowest BCUT2D eigenvalue weighted by Crippen LogP contribution is -2.31. The van der Waals surface area contributed by atoms with Gasteiger partial charge in [0.15, 0.2) is 5.82 Å². The number of aryl methyl sites for hydroxylation is 1. The molecule has 8 heteroatoms. The number of nitrogens with zero attached hydrogens (tertiary/aromatic N) is 3. The Hall–Kier alpha value is -3.13. The average Bonchev–Trinajstić information content (AvgIpc) is 3.29. The second-order valence-corrected chi connectivity index (χ2v) is 7.96. The van der Waals surface area contributed by atoms with Gasteiger partial charge >= 0.3 is 0 Å². The molecule has 1 aromatic heterocycles. The number of amides is 2. The van der Waals surface area contributed by atoms with Gasteiger partial charge in [0.25, 0.3) is 0 Å². The molecule has 4 rings (SSSR count). The van der Waals surface area contributed by atoms with Gasteiger partial charge in [-0.25, -0.2) is 9.88 Å². The topological polar surface area (TPSA) is 88.2 Å². The first kappa shape index (κ1) is 19.2. The number of nitrogens with one attached hydrogen (secondary N) is 1. The van der Waals surface area contributed by atoms with Crippen LogP contribution >= 0.6 is 11.8 Å². The van der Waals surface area contributed by atoms with E-state index in [1.807, 2.05) is 50.2 Å². The first-order valence-electron chi connectivity index (χ1n) is 9.14. The minimum absolute atomic E-state index is 0.128. The largest absolute Gasteiger partial charge is 0.497 e. The molecule has 1 N–H and O–H groups in total. The number of benzene rings is 2. The van der Waals surface area contributed by atoms with Crippen LogP contribution in [0.15, 0.2) is 47.6 Å². The van der Waals surface area contributed by atoms with Crippen LogP contribution < -0.4 is 9.64 Å². The SMILES string of the molecule is COc1ccc(-c2nc(SC3CC(=O)N(c4cccc(C)c4C)C3=O)n[nH]2)cc1. The maximum atomic E-state index is 12.9. The van der Waals surface area contributed by atoms with Gasteiger partial charge in [-0.2, -0.15) is 0 Å². The molecule has 1 saturated heterocycles. The van der Waals surface area contributed by atoms with Gasteiger partial charge in [-0.15, -0.1) is 5.10 Å². The minimum Gasteiger partial charge on any atom is -0.497 e. The fourth-order valence-electron chi connectivity index (χ4n) is 3.23. The number of thioether (sulfide) groups is 1. The molecule has 148 valence electrons. The van der Waals surface area contributed by atoms with Crippen LogP contribution in [0, 0.1) is 13.8 Å². The molecule has 0 aliphatic carbocycles. The van der Waals surface area contributed by atoms with Gasteiger partial charge in [0.05, 0.1) is 12.8 Å². The number of hydrogen-bond donors (Lipinski definition) is 1. The van der Waals surface area contributed by atoms with E-state index in [4.69, 9.17) is 4.74 Å². The summed E-state index contributed by atoms with van der Waals surface area (Å²) in [6, 6.07) is 13.1. The van der Waals surface area contributed by atoms with E-state index in [0.29, 0.717) is 16.7 Å². The van der Waals surface area contributed by atoms with Gasteiger partial charge in [0.2, 0.25) is 17.0 Å². The number of H-pyrrole nitrogens is 1. The van der Waals surface area contributed by atoms with Crippen molar-refractivity contribution in [2.75, 3.05) is 12.0 Å².